The molecule has 0 fully saturated rings. The second kappa shape index (κ2) is 3.79. The SMILES string of the molecule is C[C@@H](N)c1c(Cl)cccc1C(F)(F)F. The Morgan fingerprint density at radius 1 is 1.36 bits per heavy atom. The smallest absolute Gasteiger partial charge is 0.324 e. The molecule has 0 heterocycles. The third-order valence-corrected chi connectivity index (χ3v) is 2.14. The molecule has 0 aromatic heterocycles. The summed E-state index contributed by atoms with van der Waals surface area (Å²) >= 11 is 5.65. The van der Waals surface area contributed by atoms with E-state index in [1.165, 1.54) is 19.1 Å². The maximum absolute atomic E-state index is 12.5. The summed E-state index contributed by atoms with van der Waals surface area (Å²) in [5, 5.41) is 0.0508. The predicted octanol–water partition coefficient (Wildman–Crippen LogP) is 3.38. The van der Waals surface area contributed by atoms with E-state index in [1.54, 1.807) is 0 Å². The summed E-state index contributed by atoms with van der Waals surface area (Å²) < 4.78 is 37.4. The second-order valence-electron chi connectivity index (χ2n) is 2.99. The summed E-state index contributed by atoms with van der Waals surface area (Å²) in [5.74, 6) is 0. The normalized spacial score (nSPS) is 14.1. The van der Waals surface area contributed by atoms with Crippen molar-refractivity contribution in [2.75, 3.05) is 0 Å². The van der Waals surface area contributed by atoms with Gasteiger partial charge in [-0.2, -0.15) is 13.2 Å². The van der Waals surface area contributed by atoms with Gasteiger partial charge in [0.15, 0.2) is 0 Å². The first-order valence-electron chi connectivity index (χ1n) is 3.95. The van der Waals surface area contributed by atoms with Crippen molar-refractivity contribution in [3.05, 3.63) is 34.3 Å². The lowest BCUT2D eigenvalue weighted by atomic mass is 10.0. The van der Waals surface area contributed by atoms with E-state index in [9.17, 15) is 13.2 Å². The zero-order valence-electron chi connectivity index (χ0n) is 7.40. The number of hydrogen-bond acceptors (Lipinski definition) is 1. The van der Waals surface area contributed by atoms with Crippen molar-refractivity contribution in [3.63, 3.8) is 0 Å². The van der Waals surface area contributed by atoms with E-state index >= 15 is 0 Å². The molecule has 1 aromatic carbocycles. The molecule has 0 saturated carbocycles. The molecule has 0 unspecified atom stereocenters. The molecule has 14 heavy (non-hydrogen) atoms. The van der Waals surface area contributed by atoms with E-state index in [1.807, 2.05) is 0 Å². The first-order chi connectivity index (χ1) is 6.34. The van der Waals surface area contributed by atoms with Crippen molar-refractivity contribution >= 4 is 11.6 Å². The average Bonchev–Trinajstić information content (AvgIpc) is 2.01. The van der Waals surface area contributed by atoms with Crippen molar-refractivity contribution in [1.29, 1.82) is 0 Å². The topological polar surface area (TPSA) is 26.0 Å². The zero-order valence-corrected chi connectivity index (χ0v) is 8.15. The van der Waals surface area contributed by atoms with Crippen molar-refractivity contribution in [2.24, 2.45) is 5.73 Å². The van der Waals surface area contributed by atoms with Crippen molar-refractivity contribution in [2.45, 2.75) is 19.1 Å². The van der Waals surface area contributed by atoms with Crippen LogP contribution in [0.3, 0.4) is 0 Å². The third-order valence-electron chi connectivity index (χ3n) is 1.81. The van der Waals surface area contributed by atoms with Gasteiger partial charge in [0.2, 0.25) is 0 Å². The van der Waals surface area contributed by atoms with Crippen LogP contribution in [0, 0.1) is 0 Å². The molecule has 1 rings (SSSR count). The van der Waals surface area contributed by atoms with Gasteiger partial charge in [-0.15, -0.1) is 0 Å². The monoisotopic (exact) mass is 223 g/mol. The van der Waals surface area contributed by atoms with E-state index in [0.29, 0.717) is 0 Å². The lowest BCUT2D eigenvalue weighted by Crippen LogP contribution is -2.15. The van der Waals surface area contributed by atoms with E-state index in [-0.39, 0.29) is 10.6 Å². The summed E-state index contributed by atoms with van der Waals surface area (Å²) in [7, 11) is 0. The molecular weight excluding hydrogens is 215 g/mol. The lowest BCUT2D eigenvalue weighted by Gasteiger charge is -2.16. The third kappa shape index (κ3) is 2.19. The van der Waals surface area contributed by atoms with Gasteiger partial charge in [-0.1, -0.05) is 17.7 Å². The fourth-order valence-corrected chi connectivity index (χ4v) is 1.59. The van der Waals surface area contributed by atoms with Crippen LogP contribution in [0.5, 0.6) is 0 Å². The number of nitrogens with two attached hydrogens (primary N) is 1. The Morgan fingerprint density at radius 2 is 1.93 bits per heavy atom. The van der Waals surface area contributed by atoms with Crippen molar-refractivity contribution in [3.8, 4) is 0 Å². The minimum atomic E-state index is -4.41. The number of hydrogen-bond donors (Lipinski definition) is 1. The maximum atomic E-state index is 12.5. The molecule has 0 aliphatic heterocycles. The molecule has 0 amide bonds. The Bertz CT molecular complexity index is 333. The van der Waals surface area contributed by atoms with Gasteiger partial charge in [-0.3, -0.25) is 0 Å². The van der Waals surface area contributed by atoms with Crippen molar-refractivity contribution in [1.82, 2.24) is 0 Å². The number of benzene rings is 1. The molecule has 1 atom stereocenters. The molecule has 0 aliphatic carbocycles. The molecule has 0 bridgehead atoms. The molecule has 1 aromatic rings. The van der Waals surface area contributed by atoms with E-state index in [2.05, 4.69) is 0 Å². The Morgan fingerprint density at radius 3 is 2.29 bits per heavy atom. The van der Waals surface area contributed by atoms with E-state index in [0.717, 1.165) is 6.07 Å². The molecule has 0 radical (unpaired) electrons. The Hall–Kier alpha value is -0.740. The van der Waals surface area contributed by atoms with E-state index in [4.69, 9.17) is 17.3 Å². The van der Waals surface area contributed by atoms with Gasteiger partial charge in [0, 0.05) is 11.1 Å². The first-order valence-corrected chi connectivity index (χ1v) is 4.33. The van der Waals surface area contributed by atoms with Gasteiger partial charge in [-0.05, 0) is 24.6 Å². The summed E-state index contributed by atoms with van der Waals surface area (Å²) in [6.45, 7) is 1.47. The molecule has 1 nitrogen and oxygen atoms in total. The van der Waals surface area contributed by atoms with Crippen LogP contribution in [-0.2, 0) is 6.18 Å². The van der Waals surface area contributed by atoms with Gasteiger partial charge in [-0.25, -0.2) is 0 Å². The van der Waals surface area contributed by atoms with Crippen LogP contribution in [0.25, 0.3) is 0 Å². The number of rotatable bonds is 1. The summed E-state index contributed by atoms with van der Waals surface area (Å²) in [6.07, 6.45) is -4.41. The van der Waals surface area contributed by atoms with Gasteiger partial charge >= 0.3 is 6.18 Å². The summed E-state index contributed by atoms with van der Waals surface area (Å²) in [6, 6.07) is 2.90. The number of alkyl halides is 3. The average molecular weight is 224 g/mol. The van der Waals surface area contributed by atoms with Gasteiger partial charge in [0.1, 0.15) is 0 Å². The summed E-state index contributed by atoms with van der Waals surface area (Å²) in [5.41, 5.74) is 4.61. The molecule has 5 heteroatoms. The van der Waals surface area contributed by atoms with Gasteiger partial charge in [0.05, 0.1) is 5.56 Å². The van der Waals surface area contributed by atoms with Gasteiger partial charge in [0.25, 0.3) is 0 Å². The van der Waals surface area contributed by atoms with Crippen LogP contribution in [0.1, 0.15) is 24.1 Å². The quantitative estimate of drug-likeness (QED) is 0.776. The largest absolute Gasteiger partial charge is 0.416 e. The lowest BCUT2D eigenvalue weighted by molar-refractivity contribution is -0.138. The fraction of sp³-hybridized carbons (Fsp3) is 0.333. The van der Waals surface area contributed by atoms with Crippen LogP contribution < -0.4 is 5.73 Å². The minimum absolute atomic E-state index is 0.0508. The molecule has 0 aliphatic rings. The fourth-order valence-electron chi connectivity index (χ4n) is 1.25. The Labute approximate surface area is 84.7 Å². The molecule has 0 spiro atoms. The van der Waals surface area contributed by atoms with Crippen LogP contribution in [0.2, 0.25) is 5.02 Å². The predicted molar refractivity (Wildman–Crippen MR) is 49.1 cm³/mol. The Balaban J connectivity index is 3.36. The highest BCUT2D eigenvalue weighted by atomic mass is 35.5. The van der Waals surface area contributed by atoms with Crippen LogP contribution in [-0.4, -0.2) is 0 Å². The molecular formula is C9H9ClF3N. The highest BCUT2D eigenvalue weighted by molar-refractivity contribution is 6.31. The Kier molecular flexibility index (Phi) is 3.07. The summed E-state index contributed by atoms with van der Waals surface area (Å²) in [4.78, 5) is 0. The standard InChI is InChI=1S/C9H9ClF3N/c1-5(14)8-6(9(11,12)13)3-2-4-7(8)10/h2-5H,14H2,1H3/t5-/m1/s1. The van der Waals surface area contributed by atoms with Gasteiger partial charge < -0.3 is 5.73 Å². The molecule has 78 valence electrons. The molecule has 2 N–H and O–H groups in total. The van der Waals surface area contributed by atoms with Crippen molar-refractivity contribution < 1.29 is 13.2 Å². The second-order valence-corrected chi connectivity index (χ2v) is 3.39. The minimum Gasteiger partial charge on any atom is -0.324 e. The van der Waals surface area contributed by atoms with Crippen LogP contribution in [0.4, 0.5) is 13.2 Å². The first kappa shape index (κ1) is 11.3. The number of halogens is 4. The zero-order chi connectivity index (χ0) is 10.9. The maximum Gasteiger partial charge on any atom is 0.416 e. The van der Waals surface area contributed by atoms with E-state index < -0.39 is 17.8 Å². The highest BCUT2D eigenvalue weighted by Crippen LogP contribution is 2.37. The van der Waals surface area contributed by atoms with Crippen LogP contribution in [0.15, 0.2) is 18.2 Å². The molecule has 0 saturated heterocycles. The highest BCUT2D eigenvalue weighted by Gasteiger charge is 2.34. The van der Waals surface area contributed by atoms with Crippen LogP contribution >= 0.6 is 11.6 Å².